The van der Waals surface area contributed by atoms with Gasteiger partial charge in [-0.1, -0.05) is 306 Å². The minimum atomic E-state index is -0.844. The average Bonchev–Trinajstić information content (AvgIpc) is 3.41. The van der Waals surface area contributed by atoms with Gasteiger partial charge in [-0.05, 0) is 83.5 Å². The molecule has 0 spiro atoms. The zero-order chi connectivity index (χ0) is 54.3. The van der Waals surface area contributed by atoms with E-state index in [1.165, 1.54) is 276 Å². The maximum absolute atomic E-state index is 12.5. The molecule has 3 N–H and O–H groups in total. The molecule has 0 bridgehead atoms. The Balaban J connectivity index is 3.39. The first-order valence-electron chi connectivity index (χ1n) is 33.4. The first-order valence-corrected chi connectivity index (χ1v) is 33.4. The van der Waals surface area contributed by atoms with Crippen LogP contribution in [0.3, 0.4) is 0 Å². The first-order chi connectivity index (χ1) is 37.0. The van der Waals surface area contributed by atoms with Crippen molar-refractivity contribution in [2.75, 3.05) is 13.2 Å². The number of aliphatic hydroxyl groups excluding tert-OH is 2. The Labute approximate surface area is 467 Å². The van der Waals surface area contributed by atoms with Crippen molar-refractivity contribution < 1.29 is 24.5 Å². The molecule has 0 saturated carbocycles. The molecular formula is C69H129NO5. The van der Waals surface area contributed by atoms with Crippen LogP contribution >= 0.6 is 0 Å². The number of amides is 1. The summed E-state index contributed by atoms with van der Waals surface area (Å²) in [5.74, 6) is -0.0640. The van der Waals surface area contributed by atoms with Crippen LogP contribution < -0.4 is 5.32 Å². The third-order valence-corrected chi connectivity index (χ3v) is 15.3. The van der Waals surface area contributed by atoms with E-state index in [4.69, 9.17) is 4.74 Å². The minimum absolute atomic E-state index is 0.00121. The topological polar surface area (TPSA) is 95.9 Å². The van der Waals surface area contributed by atoms with Gasteiger partial charge in [0.1, 0.15) is 0 Å². The second-order valence-corrected chi connectivity index (χ2v) is 22.8. The second kappa shape index (κ2) is 64.3. The van der Waals surface area contributed by atoms with Gasteiger partial charge >= 0.3 is 5.97 Å². The molecule has 6 heteroatoms. The van der Waals surface area contributed by atoms with Gasteiger partial charge in [-0.15, -0.1) is 0 Å². The normalized spacial score (nSPS) is 12.9. The third kappa shape index (κ3) is 60.9. The van der Waals surface area contributed by atoms with Crippen LogP contribution in [-0.4, -0.2) is 47.4 Å². The van der Waals surface area contributed by atoms with Crippen molar-refractivity contribution >= 4 is 11.9 Å². The summed E-state index contributed by atoms with van der Waals surface area (Å²) in [6.45, 7) is 4.85. The number of hydrogen-bond acceptors (Lipinski definition) is 5. The highest BCUT2D eigenvalue weighted by Crippen LogP contribution is 2.18. The van der Waals surface area contributed by atoms with Crippen molar-refractivity contribution in [1.29, 1.82) is 0 Å². The van der Waals surface area contributed by atoms with E-state index in [0.717, 1.165) is 51.4 Å². The number of unbranched alkanes of at least 4 members (excludes halogenated alkanes) is 45. The van der Waals surface area contributed by atoms with E-state index in [0.29, 0.717) is 19.4 Å². The van der Waals surface area contributed by atoms with Gasteiger partial charge in [0.25, 0.3) is 0 Å². The highest BCUT2D eigenvalue weighted by atomic mass is 16.5. The average molecular weight is 1050 g/mol. The van der Waals surface area contributed by atoms with Crippen LogP contribution in [0.4, 0.5) is 0 Å². The minimum Gasteiger partial charge on any atom is -0.466 e. The fraction of sp³-hybridized carbons (Fsp3) is 0.855. The molecule has 0 aromatic rings. The number of carbonyl (C=O) groups excluding carboxylic acids is 2. The van der Waals surface area contributed by atoms with Gasteiger partial charge in [-0.3, -0.25) is 9.59 Å². The van der Waals surface area contributed by atoms with E-state index in [1.54, 1.807) is 6.08 Å². The maximum atomic E-state index is 12.5. The number of aliphatic hydroxyl groups is 2. The van der Waals surface area contributed by atoms with E-state index in [9.17, 15) is 19.8 Å². The van der Waals surface area contributed by atoms with E-state index in [2.05, 4.69) is 55.6 Å². The Kier molecular flexibility index (Phi) is 62.5. The molecule has 0 aliphatic rings. The fourth-order valence-electron chi connectivity index (χ4n) is 10.2. The van der Waals surface area contributed by atoms with Crippen molar-refractivity contribution in [2.24, 2.45) is 0 Å². The van der Waals surface area contributed by atoms with Gasteiger partial charge in [0.15, 0.2) is 0 Å². The lowest BCUT2D eigenvalue weighted by molar-refractivity contribution is -0.143. The van der Waals surface area contributed by atoms with Gasteiger partial charge in [0, 0.05) is 12.8 Å². The summed E-state index contributed by atoms with van der Waals surface area (Å²) in [5, 5.41) is 23.1. The molecule has 1 amide bonds. The van der Waals surface area contributed by atoms with E-state index in [1.807, 2.05) is 6.08 Å². The van der Waals surface area contributed by atoms with Crippen molar-refractivity contribution in [3.05, 3.63) is 48.6 Å². The van der Waals surface area contributed by atoms with Crippen LogP contribution in [-0.2, 0) is 14.3 Å². The quantitative estimate of drug-likeness (QED) is 0.0320. The predicted molar refractivity (Wildman–Crippen MR) is 329 cm³/mol. The largest absolute Gasteiger partial charge is 0.466 e. The Morgan fingerprint density at radius 3 is 1.08 bits per heavy atom. The number of carbonyl (C=O) groups is 2. The molecule has 0 aromatic heterocycles. The lowest BCUT2D eigenvalue weighted by Crippen LogP contribution is -2.45. The zero-order valence-electron chi connectivity index (χ0n) is 50.3. The molecule has 0 aliphatic carbocycles. The first kappa shape index (κ1) is 72.8. The highest BCUT2D eigenvalue weighted by molar-refractivity contribution is 5.76. The summed E-state index contributed by atoms with van der Waals surface area (Å²) in [7, 11) is 0. The highest BCUT2D eigenvalue weighted by Gasteiger charge is 2.18. The summed E-state index contributed by atoms with van der Waals surface area (Å²) >= 11 is 0. The van der Waals surface area contributed by atoms with Gasteiger partial charge in [0.2, 0.25) is 5.91 Å². The monoisotopic (exact) mass is 1050 g/mol. The molecule has 0 aromatic carbocycles. The van der Waals surface area contributed by atoms with Crippen LogP contribution in [0.2, 0.25) is 0 Å². The van der Waals surface area contributed by atoms with Crippen molar-refractivity contribution in [3.63, 3.8) is 0 Å². The SMILES string of the molecule is CCC/C=C\C/C=C\CCCCCCCC(=O)OCCCCCCCCCCCCCC/C=C\CCCCCCCCCCCCCCCCC(=O)NC(CO)C(O)/C=C/CCCCCCCCCCCCCCC. The van der Waals surface area contributed by atoms with Gasteiger partial charge in [-0.25, -0.2) is 0 Å². The Bertz CT molecular complexity index is 1260. The zero-order valence-corrected chi connectivity index (χ0v) is 50.3. The van der Waals surface area contributed by atoms with Crippen LogP contribution in [0.25, 0.3) is 0 Å². The van der Waals surface area contributed by atoms with E-state index in [-0.39, 0.29) is 18.5 Å². The van der Waals surface area contributed by atoms with Crippen LogP contribution in [0.1, 0.15) is 354 Å². The van der Waals surface area contributed by atoms with Crippen molar-refractivity contribution in [3.8, 4) is 0 Å². The predicted octanol–water partition coefficient (Wildman–Crippen LogP) is 21.3. The molecule has 0 radical (unpaired) electrons. The smallest absolute Gasteiger partial charge is 0.305 e. The third-order valence-electron chi connectivity index (χ3n) is 15.3. The standard InChI is InChI=1S/C69H129NO5/c1-3-5-7-9-11-13-15-17-34-38-41-45-49-53-57-61-67(72)66(65-71)70-68(73)62-58-54-50-46-42-39-35-32-30-28-26-24-22-20-18-19-21-23-25-27-29-31-33-36-40-44-48-52-56-60-64-75-69(74)63-59-55-51-47-43-37-16-14-12-10-8-6-4-2/h8,10,14,16,19,21,57,61,66-67,71-72H,3-7,9,11-13,15,17-18,20,22-56,58-60,62-65H2,1-2H3,(H,70,73)/b10-8-,16-14-,21-19-,61-57+. The van der Waals surface area contributed by atoms with Crippen LogP contribution in [0, 0.1) is 0 Å². The number of hydrogen-bond donors (Lipinski definition) is 3. The molecule has 440 valence electrons. The van der Waals surface area contributed by atoms with E-state index < -0.39 is 12.1 Å². The lowest BCUT2D eigenvalue weighted by Gasteiger charge is -2.20. The molecule has 0 heterocycles. The second-order valence-electron chi connectivity index (χ2n) is 22.8. The number of rotatable bonds is 62. The summed E-state index contributed by atoms with van der Waals surface area (Å²) in [4.78, 5) is 24.5. The Morgan fingerprint density at radius 2 is 0.693 bits per heavy atom. The number of nitrogens with one attached hydrogen (secondary N) is 1. The molecule has 0 fully saturated rings. The van der Waals surface area contributed by atoms with Gasteiger partial charge in [-0.2, -0.15) is 0 Å². The summed E-state index contributed by atoms with van der Waals surface area (Å²) in [5.41, 5.74) is 0. The number of allylic oxidation sites excluding steroid dienone is 7. The number of esters is 1. The molecule has 2 unspecified atom stereocenters. The Hall–Kier alpha value is -2.18. The molecule has 2 atom stereocenters. The molecule has 0 aliphatic heterocycles. The van der Waals surface area contributed by atoms with Gasteiger partial charge in [0.05, 0.1) is 25.4 Å². The van der Waals surface area contributed by atoms with Crippen LogP contribution in [0.5, 0.6) is 0 Å². The lowest BCUT2D eigenvalue weighted by atomic mass is 10.0. The van der Waals surface area contributed by atoms with Gasteiger partial charge < -0.3 is 20.3 Å². The van der Waals surface area contributed by atoms with Crippen LogP contribution in [0.15, 0.2) is 48.6 Å². The molecule has 6 nitrogen and oxygen atoms in total. The molecule has 0 rings (SSSR count). The molecule has 75 heavy (non-hydrogen) atoms. The number of ether oxygens (including phenoxy) is 1. The summed E-state index contributed by atoms with van der Waals surface area (Å²) in [6, 6.07) is -0.627. The maximum Gasteiger partial charge on any atom is 0.305 e. The fourth-order valence-corrected chi connectivity index (χ4v) is 10.2. The van der Waals surface area contributed by atoms with Crippen molar-refractivity contribution in [1.82, 2.24) is 5.32 Å². The molecule has 0 saturated heterocycles. The molecular weight excluding hydrogens is 923 g/mol. The summed E-state index contributed by atoms with van der Waals surface area (Å²) in [6.07, 6.45) is 83.2. The Morgan fingerprint density at radius 1 is 0.373 bits per heavy atom. The summed E-state index contributed by atoms with van der Waals surface area (Å²) < 4.78 is 5.47. The van der Waals surface area contributed by atoms with E-state index >= 15 is 0 Å². The van der Waals surface area contributed by atoms with Crippen molar-refractivity contribution in [2.45, 2.75) is 366 Å².